The van der Waals surface area contributed by atoms with Crippen molar-refractivity contribution in [3.8, 4) is 0 Å². The van der Waals surface area contributed by atoms with Crippen molar-refractivity contribution >= 4 is 23.1 Å². The van der Waals surface area contributed by atoms with Gasteiger partial charge in [-0.15, -0.1) is 16.4 Å². The monoisotopic (exact) mass is 331 g/mol. The zero-order valence-electron chi connectivity index (χ0n) is 13.2. The summed E-state index contributed by atoms with van der Waals surface area (Å²) in [5.41, 5.74) is 2.44. The van der Waals surface area contributed by atoms with Crippen LogP contribution < -0.4 is 0 Å². The van der Waals surface area contributed by atoms with Gasteiger partial charge in [0.15, 0.2) is 0 Å². The number of nitrogens with zero attached hydrogens (tertiary/aromatic N) is 5. The Hall–Kier alpha value is -2.35. The summed E-state index contributed by atoms with van der Waals surface area (Å²) in [6.07, 6.45) is 1.99. The van der Waals surface area contributed by atoms with Gasteiger partial charge in [0.25, 0.3) is 11.6 Å². The first kappa shape index (κ1) is 15.5. The zero-order valence-corrected chi connectivity index (χ0v) is 14.1. The highest BCUT2D eigenvalue weighted by atomic mass is 32.1. The molecule has 0 aliphatic heterocycles. The van der Waals surface area contributed by atoms with Crippen molar-refractivity contribution in [1.82, 2.24) is 24.6 Å². The molecule has 0 atom stereocenters. The average molecular weight is 331 g/mol. The molecule has 3 heterocycles. The van der Waals surface area contributed by atoms with Gasteiger partial charge >= 0.3 is 5.97 Å². The minimum absolute atomic E-state index is 0.00945. The number of rotatable bonds is 5. The molecule has 3 aromatic rings. The van der Waals surface area contributed by atoms with Crippen LogP contribution in [0.15, 0.2) is 11.4 Å². The quantitative estimate of drug-likeness (QED) is 0.668. The van der Waals surface area contributed by atoms with Gasteiger partial charge in [0.1, 0.15) is 6.61 Å². The van der Waals surface area contributed by atoms with Gasteiger partial charge in [-0.1, -0.05) is 6.92 Å². The molecule has 0 aliphatic rings. The third-order valence-electron chi connectivity index (χ3n) is 3.22. The van der Waals surface area contributed by atoms with Gasteiger partial charge in [-0.3, -0.25) is 0 Å². The Balaban J connectivity index is 1.71. The van der Waals surface area contributed by atoms with E-state index in [4.69, 9.17) is 4.74 Å². The predicted octanol–water partition coefficient (Wildman–Crippen LogP) is 2.51. The lowest BCUT2D eigenvalue weighted by atomic mass is 10.3. The maximum Gasteiger partial charge on any atom is 0.378 e. The predicted molar refractivity (Wildman–Crippen MR) is 85.5 cm³/mol. The van der Waals surface area contributed by atoms with Gasteiger partial charge < -0.3 is 4.74 Å². The van der Waals surface area contributed by atoms with Crippen LogP contribution in [0.25, 0.3) is 5.78 Å². The second kappa shape index (κ2) is 6.41. The summed E-state index contributed by atoms with van der Waals surface area (Å²) in [7, 11) is 0. The molecule has 0 aromatic carbocycles. The standard InChI is InChI=1S/C15H17N5O2S/c1-4-5-12-17-11(8-23-12)7-22-14(21)13-18-15-16-9(2)6-10(3)20(15)19-13/h6,8H,4-5,7H2,1-3H3. The first-order valence-corrected chi connectivity index (χ1v) is 8.26. The van der Waals surface area contributed by atoms with E-state index in [9.17, 15) is 4.79 Å². The summed E-state index contributed by atoms with van der Waals surface area (Å²) >= 11 is 1.58. The fourth-order valence-electron chi connectivity index (χ4n) is 2.20. The van der Waals surface area contributed by atoms with Crippen molar-refractivity contribution in [2.24, 2.45) is 0 Å². The Bertz CT molecular complexity index is 855. The number of esters is 1. The number of aromatic nitrogens is 5. The molecule has 0 saturated heterocycles. The van der Waals surface area contributed by atoms with E-state index < -0.39 is 5.97 Å². The van der Waals surface area contributed by atoms with E-state index in [1.54, 1.807) is 11.3 Å². The van der Waals surface area contributed by atoms with Crippen LogP contribution in [-0.4, -0.2) is 30.5 Å². The molecule has 0 saturated carbocycles. The van der Waals surface area contributed by atoms with Gasteiger partial charge in [-0.25, -0.2) is 19.3 Å². The van der Waals surface area contributed by atoms with E-state index in [1.165, 1.54) is 4.52 Å². The molecule has 0 amide bonds. The number of fused-ring (bicyclic) bond motifs is 1. The van der Waals surface area contributed by atoms with Crippen LogP contribution in [0.1, 0.15) is 46.1 Å². The van der Waals surface area contributed by atoms with Gasteiger partial charge in [0.2, 0.25) is 0 Å². The van der Waals surface area contributed by atoms with Crippen LogP contribution in [0.4, 0.5) is 0 Å². The molecule has 0 spiro atoms. The first-order chi connectivity index (χ1) is 11.1. The van der Waals surface area contributed by atoms with Gasteiger partial charge in [0.05, 0.1) is 10.7 Å². The van der Waals surface area contributed by atoms with Gasteiger partial charge in [-0.05, 0) is 32.8 Å². The summed E-state index contributed by atoms with van der Waals surface area (Å²) in [5.74, 6) is -0.166. The Kier molecular flexibility index (Phi) is 4.33. The van der Waals surface area contributed by atoms with Crippen LogP contribution >= 0.6 is 11.3 Å². The molecule has 3 rings (SSSR count). The molecule has 0 radical (unpaired) electrons. The van der Waals surface area contributed by atoms with Crippen LogP contribution in [0, 0.1) is 13.8 Å². The number of thiazole rings is 1. The molecule has 3 aromatic heterocycles. The minimum atomic E-state index is -0.572. The maximum atomic E-state index is 12.1. The topological polar surface area (TPSA) is 82.3 Å². The van der Waals surface area contributed by atoms with Gasteiger partial charge in [-0.2, -0.15) is 4.98 Å². The summed E-state index contributed by atoms with van der Waals surface area (Å²) in [6, 6.07) is 1.88. The first-order valence-electron chi connectivity index (χ1n) is 7.38. The van der Waals surface area contributed by atoms with Crippen molar-refractivity contribution in [1.29, 1.82) is 0 Å². The molecule has 0 N–H and O–H groups in total. The number of carbonyl (C=O) groups excluding carboxylic acids is 1. The molecule has 0 bridgehead atoms. The summed E-state index contributed by atoms with van der Waals surface area (Å²) < 4.78 is 6.78. The van der Waals surface area contributed by atoms with E-state index in [0.717, 1.165) is 34.9 Å². The Morgan fingerprint density at radius 1 is 1.30 bits per heavy atom. The minimum Gasteiger partial charge on any atom is -0.453 e. The molecular formula is C15H17N5O2S. The second-order valence-electron chi connectivity index (χ2n) is 5.24. The fraction of sp³-hybridized carbons (Fsp3) is 0.400. The molecule has 23 heavy (non-hydrogen) atoms. The smallest absolute Gasteiger partial charge is 0.378 e. The lowest BCUT2D eigenvalue weighted by Crippen LogP contribution is -2.08. The Morgan fingerprint density at radius 2 is 2.13 bits per heavy atom. The molecule has 8 heteroatoms. The molecular weight excluding hydrogens is 314 g/mol. The highest BCUT2D eigenvalue weighted by Crippen LogP contribution is 2.13. The third kappa shape index (κ3) is 3.37. The lowest BCUT2D eigenvalue weighted by molar-refractivity contribution is 0.0454. The van der Waals surface area contributed by atoms with E-state index in [2.05, 4.69) is 27.0 Å². The van der Waals surface area contributed by atoms with E-state index in [1.807, 2.05) is 25.3 Å². The van der Waals surface area contributed by atoms with Crippen LogP contribution in [0.3, 0.4) is 0 Å². The van der Waals surface area contributed by atoms with Crippen molar-refractivity contribution in [2.75, 3.05) is 0 Å². The van der Waals surface area contributed by atoms with Crippen molar-refractivity contribution < 1.29 is 9.53 Å². The van der Waals surface area contributed by atoms with Crippen molar-refractivity contribution in [2.45, 2.75) is 40.2 Å². The Morgan fingerprint density at radius 3 is 2.91 bits per heavy atom. The third-order valence-corrected chi connectivity index (χ3v) is 4.17. The molecule has 0 fully saturated rings. The molecule has 0 unspecified atom stereocenters. The van der Waals surface area contributed by atoms with E-state index in [0.29, 0.717) is 5.78 Å². The summed E-state index contributed by atoms with van der Waals surface area (Å²) in [6.45, 7) is 5.99. The molecule has 7 nitrogen and oxygen atoms in total. The van der Waals surface area contributed by atoms with Crippen LogP contribution in [-0.2, 0) is 17.8 Å². The van der Waals surface area contributed by atoms with Crippen LogP contribution in [0.5, 0.6) is 0 Å². The fourth-order valence-corrected chi connectivity index (χ4v) is 3.09. The van der Waals surface area contributed by atoms with E-state index in [-0.39, 0.29) is 12.4 Å². The van der Waals surface area contributed by atoms with Crippen molar-refractivity contribution in [3.05, 3.63) is 39.4 Å². The number of aryl methyl sites for hydroxylation is 3. The summed E-state index contributed by atoms with van der Waals surface area (Å²) in [4.78, 5) is 24.9. The number of carbonyl (C=O) groups is 1. The average Bonchev–Trinajstić information content (AvgIpc) is 3.12. The largest absolute Gasteiger partial charge is 0.453 e. The number of hydrogen-bond donors (Lipinski definition) is 0. The molecule has 120 valence electrons. The van der Waals surface area contributed by atoms with E-state index >= 15 is 0 Å². The highest BCUT2D eigenvalue weighted by Gasteiger charge is 2.17. The number of ether oxygens (including phenoxy) is 1. The van der Waals surface area contributed by atoms with Gasteiger partial charge in [0, 0.05) is 16.8 Å². The van der Waals surface area contributed by atoms with Crippen LogP contribution in [0.2, 0.25) is 0 Å². The summed E-state index contributed by atoms with van der Waals surface area (Å²) in [5, 5.41) is 7.11. The van der Waals surface area contributed by atoms with Crippen molar-refractivity contribution in [3.63, 3.8) is 0 Å². The Labute approximate surface area is 137 Å². The lowest BCUT2D eigenvalue weighted by Gasteiger charge is -1.98. The normalized spacial score (nSPS) is 11.1. The maximum absolute atomic E-state index is 12.1. The molecule has 0 aliphatic carbocycles. The zero-order chi connectivity index (χ0) is 16.4. The number of hydrogen-bond acceptors (Lipinski definition) is 7. The SMILES string of the molecule is CCCc1nc(COC(=O)c2nc3nc(C)cc(C)n3n2)cs1. The second-order valence-corrected chi connectivity index (χ2v) is 6.19. The highest BCUT2D eigenvalue weighted by molar-refractivity contribution is 7.09.